The van der Waals surface area contributed by atoms with Crippen molar-refractivity contribution >= 4 is 29.1 Å². The fraction of sp³-hybridized carbons (Fsp3) is 0.333. The summed E-state index contributed by atoms with van der Waals surface area (Å²) in [5.74, 6) is -0.666. The predicted molar refractivity (Wildman–Crippen MR) is 104 cm³/mol. The van der Waals surface area contributed by atoms with Crippen molar-refractivity contribution in [1.82, 2.24) is 4.90 Å². The Morgan fingerprint density at radius 3 is 2.48 bits per heavy atom. The van der Waals surface area contributed by atoms with Crippen molar-refractivity contribution in [2.75, 3.05) is 18.4 Å². The highest BCUT2D eigenvalue weighted by molar-refractivity contribution is 6.31. The van der Waals surface area contributed by atoms with E-state index < -0.39 is 5.82 Å². The summed E-state index contributed by atoms with van der Waals surface area (Å²) < 4.78 is 13.2. The lowest BCUT2D eigenvalue weighted by atomic mass is 9.95. The second-order valence-corrected chi connectivity index (χ2v) is 7.17. The Balaban J connectivity index is 1.45. The summed E-state index contributed by atoms with van der Waals surface area (Å²) in [6.45, 7) is 1.16. The number of nitrogens with zero attached hydrogens (tertiary/aromatic N) is 1. The third-order valence-corrected chi connectivity index (χ3v) is 5.17. The molecule has 0 unspecified atom stereocenters. The van der Waals surface area contributed by atoms with Gasteiger partial charge in [0.15, 0.2) is 0 Å². The number of rotatable bonds is 5. The normalized spacial score (nSPS) is 14.8. The van der Waals surface area contributed by atoms with Crippen LogP contribution in [0.25, 0.3) is 0 Å². The molecule has 0 bridgehead atoms. The third-order valence-electron chi connectivity index (χ3n) is 4.88. The van der Waals surface area contributed by atoms with E-state index in [4.69, 9.17) is 11.6 Å². The van der Waals surface area contributed by atoms with Crippen molar-refractivity contribution in [2.24, 2.45) is 5.92 Å². The molecule has 1 fully saturated rings. The van der Waals surface area contributed by atoms with Crippen LogP contribution in [0.15, 0.2) is 48.5 Å². The molecule has 0 saturated carbocycles. The van der Waals surface area contributed by atoms with Crippen LogP contribution >= 0.6 is 11.6 Å². The smallest absolute Gasteiger partial charge is 0.227 e. The molecule has 1 N–H and O–H groups in total. The Morgan fingerprint density at radius 2 is 1.81 bits per heavy atom. The number of halogens is 2. The second-order valence-electron chi connectivity index (χ2n) is 6.76. The van der Waals surface area contributed by atoms with Crippen LogP contribution in [0.3, 0.4) is 0 Å². The Labute approximate surface area is 163 Å². The van der Waals surface area contributed by atoms with Crippen LogP contribution in [0.5, 0.6) is 0 Å². The van der Waals surface area contributed by atoms with Crippen LogP contribution in [0.1, 0.15) is 24.8 Å². The van der Waals surface area contributed by atoms with Crippen molar-refractivity contribution < 1.29 is 14.0 Å². The van der Waals surface area contributed by atoms with Crippen LogP contribution in [0, 0.1) is 11.7 Å². The van der Waals surface area contributed by atoms with Gasteiger partial charge in [-0.15, -0.1) is 0 Å². The Hall–Kier alpha value is -2.40. The minimum Gasteiger partial charge on any atom is -0.343 e. The number of likely N-dealkylation sites (tertiary alicyclic amines) is 1. The summed E-state index contributed by atoms with van der Waals surface area (Å²) in [6, 6.07) is 14.1. The zero-order valence-corrected chi connectivity index (χ0v) is 15.7. The number of carbonyl (C=O) groups excluding carboxylic acids is 2. The molecule has 2 aromatic rings. The first-order chi connectivity index (χ1) is 13.0. The average molecular weight is 389 g/mol. The summed E-state index contributed by atoms with van der Waals surface area (Å²) in [4.78, 5) is 26.6. The van der Waals surface area contributed by atoms with Gasteiger partial charge < -0.3 is 10.2 Å². The number of nitrogens with one attached hydrogen (secondary N) is 1. The van der Waals surface area contributed by atoms with Crippen LogP contribution < -0.4 is 5.32 Å². The predicted octanol–water partition coefficient (Wildman–Crippen LogP) is 4.29. The van der Waals surface area contributed by atoms with Gasteiger partial charge in [0, 0.05) is 31.1 Å². The second kappa shape index (κ2) is 9.00. The molecule has 1 aliphatic heterocycles. The third kappa shape index (κ3) is 5.30. The van der Waals surface area contributed by atoms with Gasteiger partial charge in [-0.1, -0.05) is 41.9 Å². The molecule has 27 heavy (non-hydrogen) atoms. The largest absolute Gasteiger partial charge is 0.343 e. The molecular weight excluding hydrogens is 367 g/mol. The molecule has 1 aliphatic rings. The minimum absolute atomic E-state index is 0.0216. The van der Waals surface area contributed by atoms with Gasteiger partial charge in [-0.2, -0.15) is 0 Å². The molecule has 0 aliphatic carbocycles. The molecule has 0 atom stereocenters. The van der Waals surface area contributed by atoms with Crippen molar-refractivity contribution in [3.63, 3.8) is 0 Å². The monoisotopic (exact) mass is 388 g/mol. The molecule has 0 aromatic heterocycles. The molecule has 1 heterocycles. The molecule has 2 amide bonds. The van der Waals surface area contributed by atoms with Gasteiger partial charge in [0.1, 0.15) is 5.82 Å². The lowest BCUT2D eigenvalue weighted by molar-refractivity contribution is -0.134. The SMILES string of the molecule is O=C(Nc1ccc(F)c(Cl)c1)C1CCN(C(=O)CCc2ccccc2)CC1. The Morgan fingerprint density at radius 1 is 1.11 bits per heavy atom. The first-order valence-electron chi connectivity index (χ1n) is 9.10. The first-order valence-corrected chi connectivity index (χ1v) is 9.48. The summed E-state index contributed by atoms with van der Waals surface area (Å²) >= 11 is 5.74. The van der Waals surface area contributed by atoms with Crippen molar-refractivity contribution in [2.45, 2.75) is 25.7 Å². The number of anilines is 1. The topological polar surface area (TPSA) is 49.4 Å². The van der Waals surface area contributed by atoms with E-state index in [1.807, 2.05) is 35.2 Å². The average Bonchev–Trinajstić information content (AvgIpc) is 2.70. The highest BCUT2D eigenvalue weighted by Gasteiger charge is 2.27. The highest BCUT2D eigenvalue weighted by Crippen LogP contribution is 2.23. The summed E-state index contributed by atoms with van der Waals surface area (Å²) in [6.07, 6.45) is 2.45. The molecule has 0 spiro atoms. The molecule has 142 valence electrons. The van der Waals surface area contributed by atoms with Crippen LogP contribution in [-0.4, -0.2) is 29.8 Å². The quantitative estimate of drug-likeness (QED) is 0.830. The number of benzene rings is 2. The molecule has 2 aromatic carbocycles. The number of amides is 2. The number of hydrogen-bond donors (Lipinski definition) is 1. The van der Waals surface area contributed by atoms with Gasteiger partial charge in [-0.25, -0.2) is 4.39 Å². The fourth-order valence-corrected chi connectivity index (χ4v) is 3.44. The zero-order valence-electron chi connectivity index (χ0n) is 15.0. The lowest BCUT2D eigenvalue weighted by Gasteiger charge is -2.31. The summed E-state index contributed by atoms with van der Waals surface area (Å²) in [5, 5.41) is 2.76. The maximum Gasteiger partial charge on any atom is 0.227 e. The number of piperidine rings is 1. The molecule has 1 saturated heterocycles. The van der Waals surface area contributed by atoms with E-state index in [0.717, 1.165) is 12.0 Å². The maximum atomic E-state index is 13.2. The molecule has 6 heteroatoms. The van der Waals surface area contributed by atoms with Gasteiger partial charge >= 0.3 is 0 Å². The lowest BCUT2D eigenvalue weighted by Crippen LogP contribution is -2.41. The molecule has 4 nitrogen and oxygen atoms in total. The van der Waals surface area contributed by atoms with E-state index in [0.29, 0.717) is 38.0 Å². The molecule has 0 radical (unpaired) electrons. The number of hydrogen-bond acceptors (Lipinski definition) is 2. The van der Waals surface area contributed by atoms with Gasteiger partial charge in [-0.3, -0.25) is 9.59 Å². The summed E-state index contributed by atoms with van der Waals surface area (Å²) in [5.41, 5.74) is 1.63. The van der Waals surface area contributed by atoms with E-state index in [1.54, 1.807) is 0 Å². The van der Waals surface area contributed by atoms with Gasteiger partial charge in [-0.05, 0) is 43.0 Å². The first kappa shape index (κ1) is 19.4. The number of aryl methyl sites for hydroxylation is 1. The Kier molecular flexibility index (Phi) is 6.45. The van der Waals surface area contributed by atoms with Crippen LogP contribution in [0.4, 0.5) is 10.1 Å². The Bertz CT molecular complexity index is 805. The molecule has 3 rings (SSSR count). The van der Waals surface area contributed by atoms with E-state index in [1.165, 1.54) is 18.2 Å². The zero-order chi connectivity index (χ0) is 19.2. The van der Waals surface area contributed by atoms with Crippen LogP contribution in [0.2, 0.25) is 5.02 Å². The van der Waals surface area contributed by atoms with Gasteiger partial charge in [0.2, 0.25) is 11.8 Å². The van der Waals surface area contributed by atoms with E-state index in [2.05, 4.69) is 5.32 Å². The molecular formula is C21H22ClFN2O2. The van der Waals surface area contributed by atoms with E-state index >= 15 is 0 Å². The standard InChI is InChI=1S/C21H22ClFN2O2/c22-18-14-17(7-8-19(18)23)24-21(27)16-10-12-25(13-11-16)20(26)9-6-15-4-2-1-3-5-15/h1-5,7-8,14,16H,6,9-13H2,(H,24,27). The van der Waals surface area contributed by atoms with Gasteiger partial charge in [0.05, 0.1) is 5.02 Å². The highest BCUT2D eigenvalue weighted by atomic mass is 35.5. The summed E-state index contributed by atoms with van der Waals surface area (Å²) in [7, 11) is 0. The van der Waals surface area contributed by atoms with Gasteiger partial charge in [0.25, 0.3) is 0 Å². The van der Waals surface area contributed by atoms with Crippen molar-refractivity contribution in [3.8, 4) is 0 Å². The van der Waals surface area contributed by atoms with E-state index in [-0.39, 0.29) is 22.8 Å². The van der Waals surface area contributed by atoms with Crippen LogP contribution in [-0.2, 0) is 16.0 Å². The van der Waals surface area contributed by atoms with Crippen molar-refractivity contribution in [3.05, 3.63) is 64.9 Å². The number of carbonyl (C=O) groups is 2. The fourth-order valence-electron chi connectivity index (χ4n) is 3.26. The van der Waals surface area contributed by atoms with E-state index in [9.17, 15) is 14.0 Å². The maximum absolute atomic E-state index is 13.2. The minimum atomic E-state index is -0.517. The van der Waals surface area contributed by atoms with Crippen molar-refractivity contribution in [1.29, 1.82) is 0 Å².